The van der Waals surface area contributed by atoms with Crippen LogP contribution in [0.1, 0.15) is 0 Å². The smallest absolute Gasteiger partial charge is 0.225 e. The van der Waals surface area contributed by atoms with E-state index >= 15 is 0 Å². The van der Waals surface area contributed by atoms with Crippen LogP contribution in [0.3, 0.4) is 0 Å². The summed E-state index contributed by atoms with van der Waals surface area (Å²) in [6.07, 6.45) is 0. The Morgan fingerprint density at radius 2 is 1.00 bits per heavy atom. The second-order valence-corrected chi connectivity index (χ2v) is 9.64. The number of alkyl halides is 6. The van der Waals surface area contributed by atoms with Gasteiger partial charge in [0.1, 0.15) is 10.9 Å². The summed E-state index contributed by atoms with van der Waals surface area (Å²) in [5.41, 5.74) is -2.27. The van der Waals surface area contributed by atoms with Crippen molar-refractivity contribution in [3.05, 3.63) is 0 Å². The number of thioether (sulfide) groups is 2. The minimum Gasteiger partial charge on any atom is -0.378 e. The van der Waals surface area contributed by atoms with Gasteiger partial charge in [0.15, 0.2) is 0 Å². The first-order chi connectivity index (χ1) is 7.05. The first kappa shape index (κ1) is 18.4. The predicted octanol–water partition coefficient (Wildman–Crippen LogP) is 3.83. The van der Waals surface area contributed by atoms with Crippen LogP contribution >= 0.6 is 93.1 Å². The van der Waals surface area contributed by atoms with Gasteiger partial charge in [-0.1, -0.05) is 69.6 Å². The lowest BCUT2D eigenvalue weighted by Crippen LogP contribution is -2.23. The average molecular weight is 389 g/mol. The first-order valence-corrected chi connectivity index (χ1v) is 8.14. The Balaban J connectivity index is 3.70. The molecule has 0 bridgehead atoms. The van der Waals surface area contributed by atoms with Crippen LogP contribution in [-0.2, 0) is 0 Å². The van der Waals surface area contributed by atoms with Gasteiger partial charge in [0.2, 0.25) is 7.59 Å². The molecule has 0 aliphatic rings. The van der Waals surface area contributed by atoms with Gasteiger partial charge in [-0.05, 0) is 0 Å². The second kappa shape index (κ2) is 7.83. The molecule has 0 saturated carbocycles. The zero-order valence-electron chi connectivity index (χ0n) is 7.55. The van der Waals surface area contributed by atoms with E-state index in [9.17, 15) is 10.2 Å². The second-order valence-electron chi connectivity index (χ2n) is 2.53. The Morgan fingerprint density at radius 3 is 1.19 bits per heavy atom. The Morgan fingerprint density at radius 1 is 0.750 bits per heavy atom. The summed E-state index contributed by atoms with van der Waals surface area (Å²) in [5, 5.41) is 18.7. The quantitative estimate of drug-likeness (QED) is 0.426. The summed E-state index contributed by atoms with van der Waals surface area (Å²) in [4.78, 5) is 0. The van der Waals surface area contributed by atoms with Crippen molar-refractivity contribution in [2.45, 2.75) is 18.5 Å². The van der Waals surface area contributed by atoms with Gasteiger partial charge in [-0.15, -0.1) is 23.5 Å². The molecule has 10 heteroatoms. The number of hydrogen-bond acceptors (Lipinski definition) is 4. The van der Waals surface area contributed by atoms with Gasteiger partial charge in [-0.3, -0.25) is 0 Å². The molecule has 0 fully saturated rings. The van der Waals surface area contributed by atoms with Gasteiger partial charge < -0.3 is 10.2 Å². The monoisotopic (exact) mass is 386 g/mol. The van der Waals surface area contributed by atoms with Crippen LogP contribution in [0.5, 0.6) is 0 Å². The van der Waals surface area contributed by atoms with E-state index in [2.05, 4.69) is 0 Å². The zero-order chi connectivity index (χ0) is 13.0. The largest absolute Gasteiger partial charge is 0.378 e. The molecule has 0 saturated heterocycles. The van der Waals surface area contributed by atoms with Crippen molar-refractivity contribution in [1.82, 2.24) is 0 Å². The normalized spacial score (nSPS) is 17.2. The van der Waals surface area contributed by atoms with Crippen LogP contribution in [-0.4, -0.2) is 40.2 Å². The fourth-order valence-electron chi connectivity index (χ4n) is 0.508. The van der Waals surface area contributed by atoms with Crippen LogP contribution in [0.2, 0.25) is 0 Å². The van der Waals surface area contributed by atoms with Crippen molar-refractivity contribution in [3.8, 4) is 0 Å². The predicted molar refractivity (Wildman–Crippen MR) is 77.5 cm³/mol. The van der Waals surface area contributed by atoms with E-state index in [1.165, 1.54) is 0 Å². The third-order valence-corrected chi connectivity index (χ3v) is 5.69. The molecule has 0 aliphatic carbocycles. The number of hydrogen-bond donors (Lipinski definition) is 2. The molecule has 0 aromatic heterocycles. The molecule has 0 radical (unpaired) electrons. The van der Waals surface area contributed by atoms with Gasteiger partial charge >= 0.3 is 0 Å². The highest BCUT2D eigenvalue weighted by Gasteiger charge is 2.32. The third kappa shape index (κ3) is 8.46. The van der Waals surface area contributed by atoms with E-state index in [1.54, 1.807) is 0 Å². The standard InChI is InChI=1S/C6H8Cl6O2S2/c7-5(8,9)3(13)15-1-2-16-4(14)6(10,11)12/h3-4,13-14H,1-2H2/t3-,4+. The van der Waals surface area contributed by atoms with Crippen LogP contribution in [0, 0.1) is 0 Å². The van der Waals surface area contributed by atoms with Crippen molar-refractivity contribution < 1.29 is 10.2 Å². The Bertz CT molecular complexity index is 184. The van der Waals surface area contributed by atoms with Crippen LogP contribution < -0.4 is 0 Å². The summed E-state index contributed by atoms with van der Waals surface area (Å²) < 4.78 is -3.47. The molecule has 0 aromatic carbocycles. The maximum absolute atomic E-state index is 9.33. The molecule has 98 valence electrons. The van der Waals surface area contributed by atoms with Crippen molar-refractivity contribution in [2.75, 3.05) is 11.5 Å². The number of rotatable bonds is 5. The minimum absolute atomic E-state index is 0.442. The maximum atomic E-state index is 9.33. The molecule has 0 amide bonds. The Kier molecular flexibility index (Phi) is 8.98. The van der Waals surface area contributed by atoms with Gasteiger partial charge in [-0.25, -0.2) is 0 Å². The topological polar surface area (TPSA) is 40.5 Å². The molecule has 2 N–H and O–H groups in total. The molecule has 0 rings (SSSR count). The Hall–Kier alpha value is 2.36. The Labute approximate surface area is 132 Å². The zero-order valence-corrected chi connectivity index (χ0v) is 13.7. The number of aliphatic hydroxyl groups is 2. The van der Waals surface area contributed by atoms with E-state index in [-0.39, 0.29) is 0 Å². The van der Waals surface area contributed by atoms with Crippen molar-refractivity contribution in [1.29, 1.82) is 0 Å². The molecule has 2 nitrogen and oxygen atoms in total. The fraction of sp³-hybridized carbons (Fsp3) is 1.00. The summed E-state index contributed by atoms with van der Waals surface area (Å²) in [5.74, 6) is 0.884. The molecule has 0 heterocycles. The lowest BCUT2D eigenvalue weighted by atomic mass is 10.8. The van der Waals surface area contributed by atoms with Gasteiger partial charge in [0.05, 0.1) is 0 Å². The maximum Gasteiger partial charge on any atom is 0.225 e. The van der Waals surface area contributed by atoms with Crippen molar-refractivity contribution in [2.24, 2.45) is 0 Å². The molecule has 0 aliphatic heterocycles. The van der Waals surface area contributed by atoms with Gasteiger partial charge in [0.25, 0.3) is 0 Å². The lowest BCUT2D eigenvalue weighted by molar-refractivity contribution is 0.267. The van der Waals surface area contributed by atoms with E-state index < -0.39 is 18.5 Å². The number of halogens is 6. The fourth-order valence-corrected chi connectivity index (χ4v) is 3.24. The van der Waals surface area contributed by atoms with Gasteiger partial charge in [0, 0.05) is 11.5 Å². The molecular formula is C6H8Cl6O2S2. The lowest BCUT2D eigenvalue weighted by Gasteiger charge is -2.20. The molecule has 0 aromatic rings. The van der Waals surface area contributed by atoms with E-state index in [0.717, 1.165) is 23.5 Å². The minimum atomic E-state index is -1.73. The first-order valence-electron chi connectivity index (χ1n) is 3.78. The molecule has 0 spiro atoms. The van der Waals surface area contributed by atoms with Crippen LogP contribution in [0.15, 0.2) is 0 Å². The summed E-state index contributed by atoms with van der Waals surface area (Å²) in [6.45, 7) is 0. The SMILES string of the molecule is O[C@H](SCCS[C@H](O)C(Cl)(Cl)Cl)C(Cl)(Cl)Cl. The van der Waals surface area contributed by atoms with Crippen LogP contribution in [0.25, 0.3) is 0 Å². The molecule has 16 heavy (non-hydrogen) atoms. The summed E-state index contributed by atoms with van der Waals surface area (Å²) >= 11 is 34.7. The van der Waals surface area contributed by atoms with E-state index in [4.69, 9.17) is 69.6 Å². The highest BCUT2D eigenvalue weighted by atomic mass is 35.6. The van der Waals surface area contributed by atoms with E-state index in [0.29, 0.717) is 11.5 Å². The average Bonchev–Trinajstić information content (AvgIpc) is 2.08. The molecular weight excluding hydrogens is 381 g/mol. The van der Waals surface area contributed by atoms with Gasteiger partial charge in [-0.2, -0.15) is 0 Å². The van der Waals surface area contributed by atoms with Crippen molar-refractivity contribution in [3.63, 3.8) is 0 Å². The molecule has 0 unspecified atom stereocenters. The highest BCUT2D eigenvalue weighted by Crippen LogP contribution is 2.38. The van der Waals surface area contributed by atoms with Crippen molar-refractivity contribution >= 4 is 93.1 Å². The summed E-state index contributed by atoms with van der Waals surface area (Å²) in [6, 6.07) is 0. The van der Waals surface area contributed by atoms with E-state index in [1.807, 2.05) is 0 Å². The number of aliphatic hydroxyl groups excluding tert-OH is 2. The molecule has 2 atom stereocenters. The third-order valence-electron chi connectivity index (χ3n) is 1.19. The summed E-state index contributed by atoms with van der Waals surface area (Å²) in [7, 11) is 0. The highest BCUT2D eigenvalue weighted by molar-refractivity contribution is 8.03. The van der Waals surface area contributed by atoms with Crippen LogP contribution in [0.4, 0.5) is 0 Å².